The van der Waals surface area contributed by atoms with Gasteiger partial charge in [-0.2, -0.15) is 11.8 Å². The van der Waals surface area contributed by atoms with E-state index in [2.05, 4.69) is 4.98 Å². The van der Waals surface area contributed by atoms with E-state index in [1.165, 1.54) is 43.0 Å². The molecule has 6 heteroatoms. The van der Waals surface area contributed by atoms with Crippen LogP contribution in [-0.2, 0) is 24.1 Å². The summed E-state index contributed by atoms with van der Waals surface area (Å²) in [6, 6.07) is 1.21. The second-order valence-corrected chi connectivity index (χ2v) is 8.57. The number of carbonyl (C=O) groups is 1. The van der Waals surface area contributed by atoms with Crippen LogP contribution in [0.4, 0.5) is 0 Å². The fourth-order valence-corrected chi connectivity index (χ4v) is 4.50. The highest BCUT2D eigenvalue weighted by Crippen LogP contribution is 2.38. The maximum Gasteiger partial charge on any atom is 0.337 e. The van der Waals surface area contributed by atoms with Crippen LogP contribution in [0.1, 0.15) is 42.5 Å². The lowest BCUT2D eigenvalue weighted by atomic mass is 9.88. The Hall–Kier alpha value is -1.11. The standard InChI is InChI=1S/C19H28N2O3S/c1-25-11-17(20)19(24,18(22)23)10-16-15-9-13(5-4-12-2-3-12)8-14(15)6-7-21-16/h6-7,12-13,17,24H,2-5,8-11,20H2,1H3,(H,22,23)/t13-,17-,19+/m0/s1. The Balaban J connectivity index is 1.75. The Labute approximate surface area is 153 Å². The number of aromatic nitrogens is 1. The van der Waals surface area contributed by atoms with Gasteiger partial charge in [-0.15, -0.1) is 0 Å². The minimum Gasteiger partial charge on any atom is -0.479 e. The number of fused-ring (bicyclic) bond motifs is 1. The number of rotatable bonds is 9. The molecule has 3 rings (SSSR count). The van der Waals surface area contributed by atoms with Gasteiger partial charge in [0.25, 0.3) is 0 Å². The van der Waals surface area contributed by atoms with Crippen molar-refractivity contribution < 1.29 is 15.0 Å². The van der Waals surface area contributed by atoms with Crippen molar-refractivity contribution >= 4 is 17.7 Å². The average molecular weight is 365 g/mol. The minimum atomic E-state index is -1.97. The van der Waals surface area contributed by atoms with Gasteiger partial charge in [0.1, 0.15) is 0 Å². The first-order valence-electron chi connectivity index (χ1n) is 9.10. The molecule has 2 aliphatic rings. The highest BCUT2D eigenvalue weighted by Gasteiger charge is 2.43. The van der Waals surface area contributed by atoms with E-state index < -0.39 is 17.6 Å². The molecule has 0 aliphatic heterocycles. The van der Waals surface area contributed by atoms with Crippen LogP contribution in [0, 0.1) is 11.8 Å². The Morgan fingerprint density at radius 3 is 2.76 bits per heavy atom. The van der Waals surface area contributed by atoms with Crippen molar-refractivity contribution in [1.82, 2.24) is 4.98 Å². The van der Waals surface area contributed by atoms with Crippen LogP contribution in [0.2, 0.25) is 0 Å². The molecule has 0 saturated heterocycles. The molecule has 1 aromatic rings. The smallest absolute Gasteiger partial charge is 0.337 e. The number of hydrogen-bond donors (Lipinski definition) is 3. The average Bonchev–Trinajstić information content (AvgIpc) is 3.31. The Morgan fingerprint density at radius 2 is 2.12 bits per heavy atom. The summed E-state index contributed by atoms with van der Waals surface area (Å²) in [5.74, 6) is 0.679. The lowest BCUT2D eigenvalue weighted by molar-refractivity contribution is -0.160. The van der Waals surface area contributed by atoms with Gasteiger partial charge in [-0.3, -0.25) is 4.98 Å². The molecular formula is C19H28N2O3S. The van der Waals surface area contributed by atoms with Crippen LogP contribution in [0.15, 0.2) is 12.3 Å². The number of nitrogens with two attached hydrogens (primary N) is 1. The third-order valence-corrected chi connectivity index (χ3v) is 6.38. The number of carboxylic acids is 1. The molecule has 0 aromatic carbocycles. The number of carboxylic acid groups (broad SMARTS) is 1. The minimum absolute atomic E-state index is 0.0252. The van der Waals surface area contributed by atoms with E-state index in [9.17, 15) is 15.0 Å². The zero-order chi connectivity index (χ0) is 18.0. The number of thioether (sulfide) groups is 1. The number of nitrogens with zero attached hydrogens (tertiary/aromatic N) is 1. The van der Waals surface area contributed by atoms with Crippen LogP contribution in [0.3, 0.4) is 0 Å². The summed E-state index contributed by atoms with van der Waals surface area (Å²) in [6.45, 7) is 0. The van der Waals surface area contributed by atoms with E-state index in [1.807, 2.05) is 12.3 Å². The lowest BCUT2D eigenvalue weighted by Crippen LogP contribution is -2.57. The summed E-state index contributed by atoms with van der Waals surface area (Å²) in [5, 5.41) is 20.3. The van der Waals surface area contributed by atoms with Crippen LogP contribution >= 0.6 is 11.8 Å². The largest absolute Gasteiger partial charge is 0.479 e. The van der Waals surface area contributed by atoms with Gasteiger partial charge in [-0.25, -0.2) is 4.79 Å². The van der Waals surface area contributed by atoms with E-state index in [0.717, 1.165) is 24.3 Å². The quantitative estimate of drug-likeness (QED) is 0.620. The summed E-state index contributed by atoms with van der Waals surface area (Å²) in [6.07, 6.45) is 10.8. The van der Waals surface area contributed by atoms with Crippen molar-refractivity contribution in [3.63, 3.8) is 0 Å². The molecule has 0 spiro atoms. The molecule has 5 nitrogen and oxygen atoms in total. The van der Waals surface area contributed by atoms with Crippen LogP contribution in [0.25, 0.3) is 0 Å². The number of hydrogen-bond acceptors (Lipinski definition) is 5. The van der Waals surface area contributed by atoms with Gasteiger partial charge in [-0.1, -0.05) is 19.3 Å². The highest BCUT2D eigenvalue weighted by atomic mass is 32.2. The fraction of sp³-hybridized carbons (Fsp3) is 0.684. The van der Waals surface area contributed by atoms with Crippen molar-refractivity contribution in [2.75, 3.05) is 12.0 Å². The SMILES string of the molecule is CSC[C@H](N)[C@](O)(Cc1nccc2c1C[C@@H](CCC1CC1)C2)C(=O)O. The Kier molecular flexibility index (Phi) is 5.71. The van der Waals surface area contributed by atoms with Crippen molar-refractivity contribution in [2.24, 2.45) is 17.6 Å². The van der Waals surface area contributed by atoms with Crippen molar-refractivity contribution in [1.29, 1.82) is 0 Å². The summed E-state index contributed by atoms with van der Waals surface area (Å²) < 4.78 is 0. The van der Waals surface area contributed by atoms with Crippen molar-refractivity contribution in [3.8, 4) is 0 Å². The maximum atomic E-state index is 11.7. The molecule has 0 amide bonds. The number of aliphatic hydroxyl groups is 1. The summed E-state index contributed by atoms with van der Waals surface area (Å²) in [4.78, 5) is 16.1. The third kappa shape index (κ3) is 4.18. The second kappa shape index (κ2) is 7.64. The first-order chi connectivity index (χ1) is 11.9. The van der Waals surface area contributed by atoms with E-state index in [1.54, 1.807) is 6.20 Å². The highest BCUT2D eigenvalue weighted by molar-refractivity contribution is 7.98. The van der Waals surface area contributed by atoms with Gasteiger partial charge in [0.2, 0.25) is 0 Å². The monoisotopic (exact) mass is 364 g/mol. The fourth-order valence-electron chi connectivity index (χ4n) is 3.87. The van der Waals surface area contributed by atoms with Gasteiger partial charge in [-0.05, 0) is 54.5 Å². The van der Waals surface area contributed by atoms with E-state index in [0.29, 0.717) is 17.4 Å². The first-order valence-corrected chi connectivity index (χ1v) is 10.5. The van der Waals surface area contributed by atoms with E-state index >= 15 is 0 Å². The van der Waals surface area contributed by atoms with E-state index in [4.69, 9.17) is 5.73 Å². The summed E-state index contributed by atoms with van der Waals surface area (Å²) >= 11 is 1.44. The molecule has 0 radical (unpaired) electrons. The number of aliphatic carboxylic acids is 1. The molecule has 0 bridgehead atoms. The zero-order valence-electron chi connectivity index (χ0n) is 14.8. The Morgan fingerprint density at radius 1 is 1.40 bits per heavy atom. The first kappa shape index (κ1) is 18.7. The second-order valence-electron chi connectivity index (χ2n) is 7.66. The molecule has 25 heavy (non-hydrogen) atoms. The molecule has 0 unspecified atom stereocenters. The molecule has 1 fully saturated rings. The van der Waals surface area contributed by atoms with Crippen molar-refractivity contribution in [3.05, 3.63) is 29.1 Å². The van der Waals surface area contributed by atoms with E-state index in [-0.39, 0.29) is 6.42 Å². The molecule has 4 N–H and O–H groups in total. The topological polar surface area (TPSA) is 96.4 Å². The molecular weight excluding hydrogens is 336 g/mol. The predicted molar refractivity (Wildman–Crippen MR) is 99.7 cm³/mol. The van der Waals surface area contributed by atoms with Gasteiger partial charge >= 0.3 is 5.97 Å². The van der Waals surface area contributed by atoms with Crippen LogP contribution < -0.4 is 5.73 Å². The molecule has 3 atom stereocenters. The van der Waals surface area contributed by atoms with Crippen LogP contribution in [-0.4, -0.2) is 44.8 Å². The molecule has 1 heterocycles. The molecule has 2 aliphatic carbocycles. The lowest BCUT2D eigenvalue weighted by Gasteiger charge is -2.29. The van der Waals surface area contributed by atoms with Gasteiger partial charge < -0.3 is 15.9 Å². The molecule has 1 aromatic heterocycles. The van der Waals surface area contributed by atoms with Gasteiger partial charge in [0.15, 0.2) is 5.60 Å². The molecule has 138 valence electrons. The summed E-state index contributed by atoms with van der Waals surface area (Å²) in [5.41, 5.74) is 7.12. The zero-order valence-corrected chi connectivity index (χ0v) is 15.6. The van der Waals surface area contributed by atoms with Gasteiger partial charge in [0.05, 0.1) is 6.04 Å². The van der Waals surface area contributed by atoms with Crippen LogP contribution in [0.5, 0.6) is 0 Å². The number of pyridine rings is 1. The normalized spacial score (nSPS) is 23.1. The summed E-state index contributed by atoms with van der Waals surface area (Å²) in [7, 11) is 0. The third-order valence-electron chi connectivity index (χ3n) is 5.69. The Bertz CT molecular complexity index is 635. The molecule has 1 saturated carbocycles. The predicted octanol–water partition coefficient (Wildman–Crippen LogP) is 2.04. The van der Waals surface area contributed by atoms with Crippen molar-refractivity contribution in [2.45, 2.75) is 56.6 Å². The maximum absolute atomic E-state index is 11.7. The van der Waals surface area contributed by atoms with Gasteiger partial charge in [0, 0.05) is 24.1 Å².